The molecule has 5 nitrogen and oxygen atoms in total. The number of hydrogen-bond donors (Lipinski definition) is 0. The van der Waals surface area contributed by atoms with Crippen molar-refractivity contribution >= 4 is 11.6 Å². The van der Waals surface area contributed by atoms with E-state index in [4.69, 9.17) is 4.74 Å². The lowest BCUT2D eigenvalue weighted by Gasteiger charge is -2.36. The van der Waals surface area contributed by atoms with E-state index in [9.17, 15) is 4.79 Å². The molecule has 0 radical (unpaired) electrons. The van der Waals surface area contributed by atoms with Crippen LogP contribution in [0, 0.1) is 6.92 Å². The summed E-state index contributed by atoms with van der Waals surface area (Å²) in [4.78, 5) is 19.1. The average Bonchev–Trinajstić information content (AvgIpc) is 2.71. The van der Waals surface area contributed by atoms with E-state index >= 15 is 0 Å². The highest BCUT2D eigenvalue weighted by atomic mass is 16.5. The fourth-order valence-electron chi connectivity index (χ4n) is 3.59. The number of para-hydroxylation sites is 2. The van der Waals surface area contributed by atoms with Gasteiger partial charge in [-0.1, -0.05) is 36.4 Å². The fraction of sp³-hybridized carbons (Fsp3) is 0.435. The molecule has 0 aliphatic carbocycles. The number of ether oxygens (including phenoxy) is 1. The molecule has 0 unspecified atom stereocenters. The van der Waals surface area contributed by atoms with Gasteiger partial charge >= 0.3 is 0 Å². The van der Waals surface area contributed by atoms with Gasteiger partial charge in [0.05, 0.1) is 18.8 Å². The Balaban J connectivity index is 1.51. The van der Waals surface area contributed by atoms with Crippen LogP contribution in [-0.2, 0) is 11.3 Å². The predicted octanol–water partition coefficient (Wildman–Crippen LogP) is 3.17. The maximum absolute atomic E-state index is 12.7. The van der Waals surface area contributed by atoms with Gasteiger partial charge in [0.15, 0.2) is 0 Å². The van der Waals surface area contributed by atoms with Crippen molar-refractivity contribution in [2.24, 2.45) is 0 Å². The second kappa shape index (κ2) is 9.60. The van der Waals surface area contributed by atoms with Crippen LogP contribution in [0.5, 0.6) is 5.75 Å². The maximum atomic E-state index is 12.7. The first-order chi connectivity index (χ1) is 13.6. The Morgan fingerprint density at radius 2 is 1.71 bits per heavy atom. The molecule has 1 aliphatic heterocycles. The number of rotatable bonds is 7. The number of anilines is 1. The Hall–Kier alpha value is -2.53. The number of carbonyl (C=O) groups excluding carboxylic acids is 1. The molecule has 1 amide bonds. The van der Waals surface area contributed by atoms with Gasteiger partial charge < -0.3 is 14.5 Å². The van der Waals surface area contributed by atoms with Gasteiger partial charge in [0, 0.05) is 39.8 Å². The first kappa shape index (κ1) is 20.2. The van der Waals surface area contributed by atoms with Crippen LogP contribution in [0.1, 0.15) is 18.1 Å². The van der Waals surface area contributed by atoms with Crippen molar-refractivity contribution in [1.29, 1.82) is 0 Å². The van der Waals surface area contributed by atoms with Gasteiger partial charge in [0.25, 0.3) is 0 Å². The molecule has 28 heavy (non-hydrogen) atoms. The largest absolute Gasteiger partial charge is 0.492 e. The Morgan fingerprint density at radius 3 is 2.43 bits per heavy atom. The van der Waals surface area contributed by atoms with Crippen molar-refractivity contribution in [3.8, 4) is 5.75 Å². The molecule has 0 saturated carbocycles. The van der Waals surface area contributed by atoms with Crippen LogP contribution in [0.3, 0.4) is 0 Å². The van der Waals surface area contributed by atoms with E-state index in [1.54, 1.807) is 0 Å². The quantitative estimate of drug-likeness (QED) is 0.738. The second-order valence-electron chi connectivity index (χ2n) is 7.34. The lowest BCUT2D eigenvalue weighted by Crippen LogP contribution is -2.49. The van der Waals surface area contributed by atoms with Crippen molar-refractivity contribution in [3.05, 3.63) is 59.7 Å². The first-order valence-corrected chi connectivity index (χ1v) is 10.1. The third kappa shape index (κ3) is 5.04. The van der Waals surface area contributed by atoms with Gasteiger partial charge in [-0.25, -0.2) is 0 Å². The van der Waals surface area contributed by atoms with Crippen molar-refractivity contribution < 1.29 is 9.53 Å². The van der Waals surface area contributed by atoms with Crippen LogP contribution in [-0.4, -0.2) is 62.1 Å². The third-order valence-corrected chi connectivity index (χ3v) is 5.33. The van der Waals surface area contributed by atoms with Crippen LogP contribution in [0.2, 0.25) is 0 Å². The molecule has 0 bridgehead atoms. The minimum atomic E-state index is 0.173. The zero-order valence-electron chi connectivity index (χ0n) is 17.2. The molecule has 1 aliphatic rings. The topological polar surface area (TPSA) is 36.0 Å². The summed E-state index contributed by atoms with van der Waals surface area (Å²) in [6, 6.07) is 16.4. The van der Waals surface area contributed by atoms with Gasteiger partial charge in [-0.2, -0.15) is 0 Å². The van der Waals surface area contributed by atoms with Gasteiger partial charge in [0.1, 0.15) is 5.75 Å². The molecule has 0 spiro atoms. The van der Waals surface area contributed by atoms with Crippen LogP contribution in [0.25, 0.3) is 0 Å². The van der Waals surface area contributed by atoms with E-state index in [-0.39, 0.29) is 5.91 Å². The zero-order valence-corrected chi connectivity index (χ0v) is 17.2. The molecular formula is C23H31N3O2. The number of aryl methyl sites for hydroxylation is 1. The third-order valence-electron chi connectivity index (χ3n) is 5.33. The monoisotopic (exact) mass is 381 g/mol. The smallest absolute Gasteiger partial charge is 0.236 e. The Bertz CT molecular complexity index is 785. The highest BCUT2D eigenvalue weighted by Crippen LogP contribution is 2.28. The molecule has 2 aromatic carbocycles. The lowest BCUT2D eigenvalue weighted by molar-refractivity contribution is -0.131. The molecule has 1 fully saturated rings. The van der Waals surface area contributed by atoms with Gasteiger partial charge in [-0.05, 0) is 37.1 Å². The summed E-state index contributed by atoms with van der Waals surface area (Å²) in [5.41, 5.74) is 3.58. The normalized spacial score (nSPS) is 14.8. The standard InChI is InChI=1S/C23H31N3O2/c1-4-28-22-12-8-7-11-21(22)26-15-13-25(14-16-26)18-23(27)24(3)17-20-10-6-5-9-19(20)2/h5-12H,4,13-18H2,1-3H3. The lowest BCUT2D eigenvalue weighted by atomic mass is 10.1. The summed E-state index contributed by atoms with van der Waals surface area (Å²) in [6.45, 7) is 9.46. The van der Waals surface area contributed by atoms with Crippen LogP contribution >= 0.6 is 0 Å². The molecule has 0 aromatic heterocycles. The Morgan fingerprint density at radius 1 is 1.04 bits per heavy atom. The van der Waals surface area contributed by atoms with E-state index in [2.05, 4.69) is 34.9 Å². The van der Waals surface area contributed by atoms with Crippen LogP contribution in [0.15, 0.2) is 48.5 Å². The number of piperazine rings is 1. The number of amides is 1. The molecule has 2 aromatic rings. The summed E-state index contributed by atoms with van der Waals surface area (Å²) in [5, 5.41) is 0. The van der Waals surface area contributed by atoms with E-state index in [1.165, 1.54) is 11.1 Å². The maximum Gasteiger partial charge on any atom is 0.236 e. The number of hydrogen-bond acceptors (Lipinski definition) is 4. The van der Waals surface area contributed by atoms with Gasteiger partial charge in [-0.3, -0.25) is 9.69 Å². The molecule has 1 heterocycles. The van der Waals surface area contributed by atoms with Crippen molar-refractivity contribution in [2.75, 3.05) is 51.3 Å². The Kier molecular flexibility index (Phi) is 6.93. The van der Waals surface area contributed by atoms with Gasteiger partial charge in [-0.15, -0.1) is 0 Å². The summed E-state index contributed by atoms with van der Waals surface area (Å²) >= 11 is 0. The van der Waals surface area contributed by atoms with Gasteiger partial charge in [0.2, 0.25) is 5.91 Å². The number of nitrogens with zero attached hydrogens (tertiary/aromatic N) is 3. The summed E-state index contributed by atoms with van der Waals surface area (Å²) in [6.07, 6.45) is 0. The van der Waals surface area contributed by atoms with E-state index in [1.807, 2.05) is 49.2 Å². The summed E-state index contributed by atoms with van der Waals surface area (Å²) < 4.78 is 5.76. The highest BCUT2D eigenvalue weighted by molar-refractivity contribution is 5.78. The van der Waals surface area contributed by atoms with E-state index in [0.29, 0.717) is 19.7 Å². The Labute approximate surface area is 168 Å². The van der Waals surface area contributed by atoms with E-state index in [0.717, 1.165) is 37.6 Å². The number of likely N-dealkylation sites (N-methyl/N-ethyl adjacent to an activating group) is 1. The predicted molar refractivity (Wildman–Crippen MR) is 114 cm³/mol. The molecule has 3 rings (SSSR count). The first-order valence-electron chi connectivity index (χ1n) is 10.1. The molecule has 0 N–H and O–H groups in total. The summed E-state index contributed by atoms with van der Waals surface area (Å²) in [5.74, 6) is 1.11. The molecular weight excluding hydrogens is 350 g/mol. The second-order valence-corrected chi connectivity index (χ2v) is 7.34. The number of carbonyl (C=O) groups is 1. The molecule has 5 heteroatoms. The van der Waals surface area contributed by atoms with Crippen LogP contribution < -0.4 is 9.64 Å². The zero-order chi connectivity index (χ0) is 19.9. The molecule has 1 saturated heterocycles. The van der Waals surface area contributed by atoms with Crippen molar-refractivity contribution in [2.45, 2.75) is 20.4 Å². The number of benzene rings is 2. The van der Waals surface area contributed by atoms with Crippen LogP contribution in [0.4, 0.5) is 5.69 Å². The SMILES string of the molecule is CCOc1ccccc1N1CCN(CC(=O)N(C)Cc2ccccc2C)CC1. The highest BCUT2D eigenvalue weighted by Gasteiger charge is 2.22. The summed E-state index contributed by atoms with van der Waals surface area (Å²) in [7, 11) is 1.89. The minimum absolute atomic E-state index is 0.173. The fourth-order valence-corrected chi connectivity index (χ4v) is 3.59. The van der Waals surface area contributed by atoms with Crippen molar-refractivity contribution in [3.63, 3.8) is 0 Å². The molecule has 150 valence electrons. The van der Waals surface area contributed by atoms with E-state index < -0.39 is 0 Å². The minimum Gasteiger partial charge on any atom is -0.492 e. The molecule has 0 atom stereocenters. The average molecular weight is 382 g/mol. The van der Waals surface area contributed by atoms with Crippen molar-refractivity contribution in [1.82, 2.24) is 9.80 Å².